The zero-order valence-corrected chi connectivity index (χ0v) is 15.9. The van der Waals surface area contributed by atoms with E-state index in [0.29, 0.717) is 10.6 Å². The van der Waals surface area contributed by atoms with Crippen molar-refractivity contribution < 1.29 is 13.5 Å². The molecule has 3 aromatic carbocycles. The van der Waals surface area contributed by atoms with Gasteiger partial charge in [0.05, 0.1) is 4.90 Å². The van der Waals surface area contributed by atoms with Crippen molar-refractivity contribution in [3.63, 3.8) is 0 Å². The van der Waals surface area contributed by atoms with E-state index in [2.05, 4.69) is 0 Å². The first kappa shape index (κ1) is 19.4. The second-order valence-corrected chi connectivity index (χ2v) is 7.13. The molecular formula is C22H14F2N2OS. The molecule has 0 radical (unpaired) electrons. The first-order valence-electron chi connectivity index (χ1n) is 8.29. The maximum absolute atomic E-state index is 15.1. The zero-order chi connectivity index (χ0) is 20.3. The molecule has 6 heteroatoms. The van der Waals surface area contributed by atoms with Crippen LogP contribution in [0.1, 0.15) is 22.3 Å². The highest BCUT2D eigenvalue weighted by molar-refractivity contribution is 7.99. The summed E-state index contributed by atoms with van der Waals surface area (Å²) >= 11 is 0.931. The Labute approximate surface area is 165 Å². The topological polar surface area (TPSA) is 56.8 Å². The molecule has 0 aliphatic carbocycles. The first-order valence-corrected chi connectivity index (χ1v) is 9.11. The number of nitrogens with zero attached hydrogens (tertiary/aromatic N) is 2. The third-order valence-corrected chi connectivity index (χ3v) is 5.10. The molecule has 0 aromatic heterocycles. The van der Waals surface area contributed by atoms with Crippen LogP contribution in [-0.4, -0.2) is 0 Å². The molecule has 3 rings (SSSR count). The van der Waals surface area contributed by atoms with E-state index in [1.807, 2.05) is 13.0 Å². The summed E-state index contributed by atoms with van der Waals surface area (Å²) in [5.41, 5.74) is 0.426. The van der Waals surface area contributed by atoms with Crippen LogP contribution < -0.4 is 4.74 Å². The van der Waals surface area contributed by atoms with Crippen LogP contribution >= 0.6 is 11.8 Å². The lowest BCUT2D eigenvalue weighted by molar-refractivity contribution is 0.415. The molecule has 0 N–H and O–H groups in total. The van der Waals surface area contributed by atoms with Gasteiger partial charge >= 0.3 is 0 Å². The maximum Gasteiger partial charge on any atom is 0.186 e. The van der Waals surface area contributed by atoms with Gasteiger partial charge in [0.1, 0.15) is 29.0 Å². The minimum Gasteiger partial charge on any atom is -0.453 e. The van der Waals surface area contributed by atoms with Crippen LogP contribution in [0.4, 0.5) is 8.78 Å². The van der Waals surface area contributed by atoms with E-state index in [4.69, 9.17) is 4.74 Å². The van der Waals surface area contributed by atoms with Gasteiger partial charge in [-0.25, -0.2) is 8.78 Å². The molecule has 0 bridgehead atoms. The van der Waals surface area contributed by atoms with Crippen LogP contribution in [-0.2, 0) is 0 Å². The highest BCUT2D eigenvalue weighted by Gasteiger charge is 2.27. The highest BCUT2D eigenvalue weighted by Crippen LogP contribution is 2.44. The Morgan fingerprint density at radius 2 is 1.54 bits per heavy atom. The second kappa shape index (κ2) is 8.12. The Balaban J connectivity index is 2.22. The predicted octanol–water partition coefficient (Wildman–Crippen LogP) is 6.27. The summed E-state index contributed by atoms with van der Waals surface area (Å²) in [5, 5.41) is 18.5. The summed E-state index contributed by atoms with van der Waals surface area (Å²) in [5.74, 6) is -2.10. The molecule has 0 aliphatic heterocycles. The van der Waals surface area contributed by atoms with Crippen LogP contribution in [0.3, 0.4) is 0 Å². The Morgan fingerprint density at radius 3 is 2.14 bits per heavy atom. The van der Waals surface area contributed by atoms with Gasteiger partial charge in [-0.15, -0.1) is 0 Å². The van der Waals surface area contributed by atoms with Gasteiger partial charge in [0.15, 0.2) is 17.4 Å². The summed E-state index contributed by atoms with van der Waals surface area (Å²) in [4.78, 5) is 0.458. The molecular weight excluding hydrogens is 378 g/mol. The van der Waals surface area contributed by atoms with Crippen molar-refractivity contribution in [3.8, 4) is 23.6 Å². The molecule has 0 saturated heterocycles. The van der Waals surface area contributed by atoms with Gasteiger partial charge in [-0.1, -0.05) is 47.7 Å². The van der Waals surface area contributed by atoms with E-state index in [9.17, 15) is 10.5 Å². The fourth-order valence-corrected chi connectivity index (χ4v) is 3.61. The van der Waals surface area contributed by atoms with E-state index < -0.39 is 28.5 Å². The molecule has 0 amide bonds. The molecule has 0 saturated carbocycles. The van der Waals surface area contributed by atoms with Gasteiger partial charge in [-0.3, -0.25) is 0 Å². The van der Waals surface area contributed by atoms with Crippen molar-refractivity contribution in [2.24, 2.45) is 0 Å². The number of hydrogen-bond acceptors (Lipinski definition) is 4. The Morgan fingerprint density at radius 1 is 0.893 bits per heavy atom. The summed E-state index contributed by atoms with van der Waals surface area (Å²) < 4.78 is 35.9. The lowest BCUT2D eigenvalue weighted by Crippen LogP contribution is -2.03. The smallest absolute Gasteiger partial charge is 0.186 e. The SMILES string of the molecule is Cc1ccc(Oc2c(F)c(C#N)c(C#N)c(F)c2Sc2ccccc2)c(C)c1. The number of halogens is 2. The third-order valence-electron chi connectivity index (χ3n) is 4.02. The van der Waals surface area contributed by atoms with E-state index in [1.54, 1.807) is 61.5 Å². The summed E-state index contributed by atoms with van der Waals surface area (Å²) in [6, 6.07) is 17.2. The molecule has 0 unspecified atom stereocenters. The first-order chi connectivity index (χ1) is 13.5. The average molecular weight is 392 g/mol. The minimum absolute atomic E-state index is 0.181. The van der Waals surface area contributed by atoms with Crippen molar-refractivity contribution in [1.29, 1.82) is 10.5 Å². The van der Waals surface area contributed by atoms with E-state index in [-0.39, 0.29) is 4.90 Å². The van der Waals surface area contributed by atoms with Crippen LogP contribution in [0, 0.1) is 48.1 Å². The van der Waals surface area contributed by atoms with Gasteiger partial charge in [-0.2, -0.15) is 10.5 Å². The fraction of sp³-hybridized carbons (Fsp3) is 0.0909. The Bertz CT molecular complexity index is 1130. The molecule has 3 aromatic rings. The van der Waals surface area contributed by atoms with Gasteiger partial charge in [0.25, 0.3) is 0 Å². The van der Waals surface area contributed by atoms with Crippen molar-refractivity contribution in [2.45, 2.75) is 23.6 Å². The Kier molecular flexibility index (Phi) is 5.63. The molecule has 0 fully saturated rings. The lowest BCUT2D eigenvalue weighted by Gasteiger charge is -2.16. The molecule has 3 nitrogen and oxygen atoms in total. The van der Waals surface area contributed by atoms with Crippen LogP contribution in [0.5, 0.6) is 11.5 Å². The normalized spacial score (nSPS) is 10.2. The van der Waals surface area contributed by atoms with Crippen LogP contribution in [0.2, 0.25) is 0 Å². The van der Waals surface area contributed by atoms with Gasteiger partial charge in [-0.05, 0) is 37.6 Å². The quantitative estimate of drug-likeness (QED) is 0.525. The second-order valence-electron chi connectivity index (χ2n) is 6.05. The molecule has 28 heavy (non-hydrogen) atoms. The molecule has 0 heterocycles. The van der Waals surface area contributed by atoms with E-state index >= 15 is 8.78 Å². The summed E-state index contributed by atoms with van der Waals surface area (Å²) in [6.45, 7) is 3.69. The monoisotopic (exact) mass is 392 g/mol. The molecule has 0 aliphatic rings. The molecule has 138 valence electrons. The third kappa shape index (κ3) is 3.69. The summed E-state index contributed by atoms with van der Waals surface area (Å²) in [7, 11) is 0. The lowest BCUT2D eigenvalue weighted by atomic mass is 10.1. The average Bonchev–Trinajstić information content (AvgIpc) is 2.69. The van der Waals surface area contributed by atoms with E-state index in [0.717, 1.165) is 22.9 Å². The number of benzene rings is 3. The largest absolute Gasteiger partial charge is 0.453 e. The fourth-order valence-electron chi connectivity index (χ4n) is 2.67. The predicted molar refractivity (Wildman–Crippen MR) is 102 cm³/mol. The van der Waals surface area contributed by atoms with Crippen molar-refractivity contribution >= 4 is 11.8 Å². The number of ether oxygens (including phenoxy) is 1. The maximum atomic E-state index is 15.1. The van der Waals surface area contributed by atoms with Crippen molar-refractivity contribution in [2.75, 3.05) is 0 Å². The Hall–Kier alpha value is -3.35. The van der Waals surface area contributed by atoms with Crippen molar-refractivity contribution in [1.82, 2.24) is 0 Å². The van der Waals surface area contributed by atoms with Crippen LogP contribution in [0.15, 0.2) is 58.3 Å². The zero-order valence-electron chi connectivity index (χ0n) is 15.1. The van der Waals surface area contributed by atoms with Crippen LogP contribution in [0.25, 0.3) is 0 Å². The number of rotatable bonds is 4. The number of nitriles is 2. The van der Waals surface area contributed by atoms with Gasteiger partial charge in [0.2, 0.25) is 0 Å². The molecule has 0 atom stereocenters. The van der Waals surface area contributed by atoms with Crippen molar-refractivity contribution in [3.05, 3.63) is 82.4 Å². The molecule has 0 spiro atoms. The number of aryl methyl sites for hydroxylation is 2. The number of hydrogen-bond donors (Lipinski definition) is 0. The van der Waals surface area contributed by atoms with E-state index in [1.165, 1.54) is 0 Å². The standard InChI is InChI=1S/C22H14F2N2OS/c1-13-8-9-18(14(2)10-13)27-21-19(23)16(11-25)17(12-26)20(24)22(21)28-15-6-4-3-5-7-15/h3-10H,1-2H3. The van der Waals surface area contributed by atoms with Gasteiger partial charge < -0.3 is 4.74 Å². The van der Waals surface area contributed by atoms with Gasteiger partial charge in [0, 0.05) is 4.90 Å². The highest BCUT2D eigenvalue weighted by atomic mass is 32.2. The summed E-state index contributed by atoms with van der Waals surface area (Å²) in [6.07, 6.45) is 0. The minimum atomic E-state index is -1.06.